The van der Waals surface area contributed by atoms with Gasteiger partial charge in [0.1, 0.15) is 11.9 Å². The van der Waals surface area contributed by atoms with E-state index in [4.69, 9.17) is 10.5 Å². The van der Waals surface area contributed by atoms with Crippen LogP contribution in [0.2, 0.25) is 0 Å². The minimum atomic E-state index is 0.00829. The lowest BCUT2D eigenvalue weighted by Gasteiger charge is -2.37. The second-order valence-electron chi connectivity index (χ2n) is 6.16. The summed E-state index contributed by atoms with van der Waals surface area (Å²) in [5, 5.41) is 0. The smallest absolute Gasteiger partial charge is 0.127 e. The highest BCUT2D eigenvalue weighted by atomic mass is 16.5. The first-order chi connectivity index (χ1) is 9.21. The van der Waals surface area contributed by atoms with Crippen LogP contribution in [-0.2, 0) is 12.0 Å². The molecular weight excluding hydrogens is 236 g/mol. The lowest BCUT2D eigenvalue weighted by atomic mass is 9.68. The molecule has 1 aromatic rings. The van der Waals surface area contributed by atoms with Crippen LogP contribution in [0.25, 0.3) is 0 Å². The molecule has 0 radical (unpaired) electrons. The van der Waals surface area contributed by atoms with E-state index in [9.17, 15) is 0 Å². The van der Waals surface area contributed by atoms with E-state index in [2.05, 4.69) is 42.3 Å². The lowest BCUT2D eigenvalue weighted by molar-refractivity contribution is 0.124. The Bertz CT molecular complexity index is 554. The molecule has 0 saturated carbocycles. The van der Waals surface area contributed by atoms with Crippen molar-refractivity contribution in [3.8, 4) is 5.75 Å². The minimum absolute atomic E-state index is 0.00829. The molecule has 19 heavy (non-hydrogen) atoms. The van der Waals surface area contributed by atoms with Crippen LogP contribution in [0, 0.1) is 0 Å². The Morgan fingerprint density at radius 2 is 2.32 bits per heavy atom. The second-order valence-corrected chi connectivity index (χ2v) is 6.16. The SMILES string of the molecule is CN1CC[C@@]23C=CCC(N)C2Oc2cccc(c23)C1. The fourth-order valence-electron chi connectivity index (χ4n) is 4.02. The highest BCUT2D eigenvalue weighted by Crippen LogP contribution is 2.52. The van der Waals surface area contributed by atoms with Crippen molar-refractivity contribution in [2.45, 2.75) is 36.9 Å². The van der Waals surface area contributed by atoms with Gasteiger partial charge < -0.3 is 15.4 Å². The Labute approximate surface area is 114 Å². The first kappa shape index (κ1) is 11.5. The van der Waals surface area contributed by atoms with Gasteiger partial charge in [0.05, 0.1) is 5.41 Å². The molecular formula is C16H20N2O. The number of rotatable bonds is 0. The first-order valence-electron chi connectivity index (χ1n) is 7.11. The Balaban J connectivity index is 1.96. The predicted octanol–water partition coefficient (Wildman–Crippen LogP) is 1.81. The number of ether oxygens (including phenoxy) is 1. The molecule has 2 N–H and O–H groups in total. The summed E-state index contributed by atoms with van der Waals surface area (Å²) in [6.45, 7) is 2.09. The van der Waals surface area contributed by atoms with Gasteiger partial charge in [-0.2, -0.15) is 0 Å². The summed E-state index contributed by atoms with van der Waals surface area (Å²) >= 11 is 0. The average Bonchev–Trinajstić information content (AvgIpc) is 2.66. The van der Waals surface area contributed by atoms with Gasteiger partial charge in [-0.05, 0) is 38.1 Å². The van der Waals surface area contributed by atoms with E-state index in [-0.39, 0.29) is 17.6 Å². The molecule has 3 atom stereocenters. The van der Waals surface area contributed by atoms with Crippen LogP contribution in [0.15, 0.2) is 30.4 Å². The Morgan fingerprint density at radius 1 is 1.42 bits per heavy atom. The van der Waals surface area contributed by atoms with Crippen molar-refractivity contribution in [3.63, 3.8) is 0 Å². The summed E-state index contributed by atoms with van der Waals surface area (Å²) in [5.41, 5.74) is 9.14. The summed E-state index contributed by atoms with van der Waals surface area (Å²) in [5.74, 6) is 1.06. The Morgan fingerprint density at radius 3 is 3.21 bits per heavy atom. The van der Waals surface area contributed by atoms with Crippen molar-refractivity contribution >= 4 is 0 Å². The van der Waals surface area contributed by atoms with E-state index in [0.29, 0.717) is 0 Å². The molecule has 0 amide bonds. The van der Waals surface area contributed by atoms with E-state index >= 15 is 0 Å². The van der Waals surface area contributed by atoms with Crippen molar-refractivity contribution in [2.24, 2.45) is 5.73 Å². The fraction of sp³-hybridized carbons (Fsp3) is 0.500. The maximum absolute atomic E-state index is 6.33. The van der Waals surface area contributed by atoms with Crippen molar-refractivity contribution in [2.75, 3.05) is 13.6 Å². The van der Waals surface area contributed by atoms with E-state index in [1.54, 1.807) is 0 Å². The molecule has 1 aromatic carbocycles. The zero-order valence-corrected chi connectivity index (χ0v) is 11.3. The van der Waals surface area contributed by atoms with Crippen LogP contribution in [0.5, 0.6) is 5.75 Å². The molecule has 2 unspecified atom stereocenters. The van der Waals surface area contributed by atoms with Crippen LogP contribution in [0.4, 0.5) is 0 Å². The highest BCUT2D eigenvalue weighted by molar-refractivity contribution is 5.55. The third kappa shape index (κ3) is 1.46. The molecule has 0 saturated heterocycles. The van der Waals surface area contributed by atoms with Gasteiger partial charge in [-0.3, -0.25) is 0 Å². The molecule has 0 aromatic heterocycles. The molecule has 3 heteroatoms. The lowest BCUT2D eigenvalue weighted by Crippen LogP contribution is -2.51. The quantitative estimate of drug-likeness (QED) is 0.719. The third-order valence-corrected chi connectivity index (χ3v) is 4.90. The fourth-order valence-corrected chi connectivity index (χ4v) is 4.02. The molecule has 2 aliphatic heterocycles. The van der Waals surface area contributed by atoms with E-state index in [1.807, 2.05) is 0 Å². The zero-order valence-electron chi connectivity index (χ0n) is 11.3. The van der Waals surface area contributed by atoms with Gasteiger partial charge in [0.2, 0.25) is 0 Å². The number of benzene rings is 1. The van der Waals surface area contributed by atoms with Gasteiger partial charge in [0.25, 0.3) is 0 Å². The van der Waals surface area contributed by atoms with Crippen molar-refractivity contribution in [1.29, 1.82) is 0 Å². The predicted molar refractivity (Wildman–Crippen MR) is 75.2 cm³/mol. The molecule has 3 aliphatic rings. The largest absolute Gasteiger partial charge is 0.487 e. The number of nitrogens with zero attached hydrogens (tertiary/aromatic N) is 1. The zero-order chi connectivity index (χ0) is 13.0. The monoisotopic (exact) mass is 256 g/mol. The molecule has 3 nitrogen and oxygen atoms in total. The maximum Gasteiger partial charge on any atom is 0.127 e. The van der Waals surface area contributed by atoms with E-state index in [1.165, 1.54) is 11.1 Å². The van der Waals surface area contributed by atoms with Crippen molar-refractivity contribution < 1.29 is 4.74 Å². The summed E-state index contributed by atoms with van der Waals surface area (Å²) in [4.78, 5) is 2.40. The molecule has 0 fully saturated rings. The number of nitrogens with two attached hydrogens (primary N) is 1. The molecule has 0 bridgehead atoms. The molecule has 4 rings (SSSR count). The maximum atomic E-state index is 6.33. The normalized spacial score (nSPS) is 36.3. The van der Waals surface area contributed by atoms with Gasteiger partial charge in [0, 0.05) is 18.2 Å². The summed E-state index contributed by atoms with van der Waals surface area (Å²) in [7, 11) is 2.19. The Hall–Kier alpha value is -1.32. The molecule has 100 valence electrons. The van der Waals surface area contributed by atoms with Gasteiger partial charge >= 0.3 is 0 Å². The van der Waals surface area contributed by atoms with Gasteiger partial charge in [-0.15, -0.1) is 0 Å². The molecule has 1 spiro atoms. The minimum Gasteiger partial charge on any atom is -0.487 e. The molecule has 1 aliphatic carbocycles. The van der Waals surface area contributed by atoms with Crippen LogP contribution < -0.4 is 10.5 Å². The second kappa shape index (κ2) is 3.84. The van der Waals surface area contributed by atoms with Gasteiger partial charge in [-0.25, -0.2) is 0 Å². The van der Waals surface area contributed by atoms with Gasteiger partial charge in [0.15, 0.2) is 0 Å². The standard InChI is InChI=1S/C16H20N2O/c1-18-9-8-16-7-3-5-12(17)15(16)19-13-6-2-4-11(10-18)14(13)16/h2-4,6-7,12,15H,5,8-10,17H2,1H3/t12?,15?,16-/m1/s1. The molecule has 2 heterocycles. The van der Waals surface area contributed by atoms with Gasteiger partial charge in [-0.1, -0.05) is 24.3 Å². The first-order valence-corrected chi connectivity index (χ1v) is 7.11. The summed E-state index contributed by atoms with van der Waals surface area (Å²) in [6, 6.07) is 6.55. The van der Waals surface area contributed by atoms with Crippen molar-refractivity contribution in [3.05, 3.63) is 41.5 Å². The summed E-state index contributed by atoms with van der Waals surface area (Å²) < 4.78 is 6.23. The van der Waals surface area contributed by atoms with Crippen LogP contribution in [0.3, 0.4) is 0 Å². The Kier molecular flexibility index (Phi) is 2.32. The van der Waals surface area contributed by atoms with E-state index < -0.39 is 0 Å². The average molecular weight is 256 g/mol. The third-order valence-electron chi connectivity index (χ3n) is 4.90. The van der Waals surface area contributed by atoms with Crippen LogP contribution >= 0.6 is 0 Å². The highest BCUT2D eigenvalue weighted by Gasteiger charge is 2.52. The van der Waals surface area contributed by atoms with E-state index in [0.717, 1.165) is 31.7 Å². The van der Waals surface area contributed by atoms with Crippen LogP contribution in [-0.4, -0.2) is 30.6 Å². The topological polar surface area (TPSA) is 38.5 Å². The van der Waals surface area contributed by atoms with Crippen molar-refractivity contribution in [1.82, 2.24) is 4.90 Å². The van der Waals surface area contributed by atoms with Crippen LogP contribution in [0.1, 0.15) is 24.0 Å². The number of hydrogen-bond acceptors (Lipinski definition) is 3. The number of hydrogen-bond donors (Lipinski definition) is 1. The summed E-state index contributed by atoms with van der Waals surface area (Å²) in [6.07, 6.45) is 6.76.